The Kier molecular flexibility index (Phi) is 4.26. The summed E-state index contributed by atoms with van der Waals surface area (Å²) in [6.45, 7) is 2.21. The fourth-order valence-corrected chi connectivity index (χ4v) is 3.45. The molecule has 106 valence electrons. The lowest BCUT2D eigenvalue weighted by Gasteiger charge is -2.48. The predicted molar refractivity (Wildman–Crippen MR) is 75.4 cm³/mol. The molecule has 0 heterocycles. The highest BCUT2D eigenvalue weighted by atomic mass is 19.1. The maximum atomic E-state index is 13.9. The van der Waals surface area contributed by atoms with Crippen LogP contribution in [-0.2, 0) is 0 Å². The molecule has 2 nitrogen and oxygen atoms in total. The van der Waals surface area contributed by atoms with Gasteiger partial charge in [-0.25, -0.2) is 4.39 Å². The molecule has 0 aromatic heterocycles. The first-order valence-electron chi connectivity index (χ1n) is 7.07. The molecule has 1 aromatic carbocycles. The third-order valence-electron chi connectivity index (χ3n) is 4.61. The first-order chi connectivity index (χ1) is 8.97. The maximum absolute atomic E-state index is 13.9. The van der Waals surface area contributed by atoms with Gasteiger partial charge in [0, 0.05) is 5.56 Å². The fraction of sp³-hybridized carbons (Fsp3) is 0.625. The normalized spacial score (nSPS) is 29.5. The van der Waals surface area contributed by atoms with Gasteiger partial charge in [0.05, 0.1) is 5.54 Å². The molecule has 1 saturated carbocycles. The molecule has 1 aliphatic rings. The Morgan fingerprint density at radius 2 is 2.05 bits per heavy atom. The molecule has 1 aliphatic carbocycles. The van der Waals surface area contributed by atoms with Crippen molar-refractivity contribution in [3.05, 3.63) is 35.6 Å². The second kappa shape index (κ2) is 5.59. The van der Waals surface area contributed by atoms with Crippen LogP contribution in [0.1, 0.15) is 44.3 Å². The molecule has 0 bridgehead atoms. The van der Waals surface area contributed by atoms with Crippen LogP contribution in [0.4, 0.5) is 4.39 Å². The number of hydrogen-bond donors (Lipinski definition) is 1. The number of rotatable bonds is 3. The molecule has 0 spiro atoms. The van der Waals surface area contributed by atoms with Gasteiger partial charge in [0.25, 0.3) is 0 Å². The van der Waals surface area contributed by atoms with E-state index in [1.807, 2.05) is 14.1 Å². The van der Waals surface area contributed by atoms with Gasteiger partial charge in [0.2, 0.25) is 0 Å². The molecule has 2 rings (SSSR count). The van der Waals surface area contributed by atoms with E-state index in [4.69, 9.17) is 0 Å². The van der Waals surface area contributed by atoms with E-state index >= 15 is 0 Å². The minimum Gasteiger partial charge on any atom is -0.386 e. The van der Waals surface area contributed by atoms with Crippen molar-refractivity contribution >= 4 is 0 Å². The van der Waals surface area contributed by atoms with E-state index in [0.29, 0.717) is 11.5 Å². The van der Waals surface area contributed by atoms with Gasteiger partial charge in [-0.1, -0.05) is 38.0 Å². The summed E-state index contributed by atoms with van der Waals surface area (Å²) in [4.78, 5) is 2.08. The zero-order valence-electron chi connectivity index (χ0n) is 12.1. The van der Waals surface area contributed by atoms with Crippen molar-refractivity contribution in [1.29, 1.82) is 0 Å². The van der Waals surface area contributed by atoms with E-state index in [9.17, 15) is 9.50 Å². The Balaban J connectivity index is 2.36. The van der Waals surface area contributed by atoms with Crippen molar-refractivity contribution in [1.82, 2.24) is 4.90 Å². The molecule has 0 radical (unpaired) electrons. The molecule has 3 unspecified atom stereocenters. The van der Waals surface area contributed by atoms with Crippen molar-refractivity contribution in [2.45, 2.75) is 44.2 Å². The average molecular weight is 265 g/mol. The average Bonchev–Trinajstić information content (AvgIpc) is 2.38. The minimum atomic E-state index is -0.772. The lowest BCUT2D eigenvalue weighted by Crippen LogP contribution is -2.52. The molecule has 0 amide bonds. The molecule has 1 aromatic rings. The van der Waals surface area contributed by atoms with Crippen LogP contribution >= 0.6 is 0 Å². The second-order valence-electron chi connectivity index (χ2n) is 6.12. The first kappa shape index (κ1) is 14.5. The highest BCUT2D eigenvalue weighted by Gasteiger charge is 2.44. The Bertz CT molecular complexity index is 435. The largest absolute Gasteiger partial charge is 0.386 e. The van der Waals surface area contributed by atoms with Gasteiger partial charge in [-0.05, 0) is 38.9 Å². The van der Waals surface area contributed by atoms with E-state index in [0.717, 1.165) is 19.3 Å². The Morgan fingerprint density at radius 3 is 2.63 bits per heavy atom. The molecule has 1 fully saturated rings. The lowest BCUT2D eigenvalue weighted by molar-refractivity contribution is -0.0465. The van der Waals surface area contributed by atoms with Crippen LogP contribution in [0.2, 0.25) is 0 Å². The van der Waals surface area contributed by atoms with E-state index in [2.05, 4.69) is 11.8 Å². The SMILES string of the molecule is CC1CCCC(C(O)c2ccccc2F)(N(C)C)C1. The summed E-state index contributed by atoms with van der Waals surface area (Å²) in [7, 11) is 3.98. The summed E-state index contributed by atoms with van der Waals surface area (Å²) in [6, 6.07) is 6.58. The number of nitrogens with zero attached hydrogens (tertiary/aromatic N) is 1. The highest BCUT2D eigenvalue weighted by Crippen LogP contribution is 2.44. The van der Waals surface area contributed by atoms with Crippen molar-refractivity contribution < 1.29 is 9.50 Å². The van der Waals surface area contributed by atoms with E-state index in [1.165, 1.54) is 12.5 Å². The zero-order chi connectivity index (χ0) is 14.0. The zero-order valence-corrected chi connectivity index (χ0v) is 12.1. The lowest BCUT2D eigenvalue weighted by atomic mass is 9.70. The van der Waals surface area contributed by atoms with Crippen LogP contribution in [0.25, 0.3) is 0 Å². The summed E-state index contributed by atoms with van der Waals surface area (Å²) in [6.07, 6.45) is 3.34. The topological polar surface area (TPSA) is 23.5 Å². The summed E-state index contributed by atoms with van der Waals surface area (Å²) >= 11 is 0. The molecular formula is C16H24FNO. The standard InChI is InChI=1S/C16H24FNO/c1-12-7-6-10-16(11-12,18(2)3)15(19)13-8-4-5-9-14(13)17/h4-5,8-9,12,15,19H,6-7,10-11H2,1-3H3. The highest BCUT2D eigenvalue weighted by molar-refractivity contribution is 5.24. The van der Waals surface area contributed by atoms with Crippen LogP contribution in [-0.4, -0.2) is 29.6 Å². The second-order valence-corrected chi connectivity index (χ2v) is 6.12. The number of halogens is 1. The number of hydrogen-bond acceptors (Lipinski definition) is 2. The van der Waals surface area contributed by atoms with Crippen LogP contribution in [0.5, 0.6) is 0 Å². The van der Waals surface area contributed by atoms with Gasteiger partial charge in [-0.15, -0.1) is 0 Å². The fourth-order valence-electron chi connectivity index (χ4n) is 3.45. The van der Waals surface area contributed by atoms with Gasteiger partial charge >= 0.3 is 0 Å². The molecule has 1 N–H and O–H groups in total. The van der Waals surface area contributed by atoms with Gasteiger partial charge in [0.15, 0.2) is 0 Å². The Hall–Kier alpha value is -0.930. The van der Waals surface area contributed by atoms with Crippen LogP contribution in [0.3, 0.4) is 0 Å². The molecular weight excluding hydrogens is 241 g/mol. The number of likely N-dealkylation sites (N-methyl/N-ethyl adjacent to an activating group) is 1. The van der Waals surface area contributed by atoms with Gasteiger partial charge in [-0.2, -0.15) is 0 Å². The Morgan fingerprint density at radius 1 is 1.37 bits per heavy atom. The molecule has 3 atom stereocenters. The summed E-state index contributed by atoms with van der Waals surface area (Å²) in [5.41, 5.74) is 0.0742. The smallest absolute Gasteiger partial charge is 0.129 e. The van der Waals surface area contributed by atoms with E-state index in [-0.39, 0.29) is 11.4 Å². The van der Waals surface area contributed by atoms with Crippen molar-refractivity contribution in [3.63, 3.8) is 0 Å². The van der Waals surface area contributed by atoms with Crippen molar-refractivity contribution in [3.8, 4) is 0 Å². The molecule has 0 saturated heterocycles. The van der Waals surface area contributed by atoms with Crippen LogP contribution < -0.4 is 0 Å². The summed E-state index contributed by atoms with van der Waals surface area (Å²) in [5, 5.41) is 10.8. The van der Waals surface area contributed by atoms with Gasteiger partial charge in [0.1, 0.15) is 11.9 Å². The third-order valence-corrected chi connectivity index (χ3v) is 4.61. The van der Waals surface area contributed by atoms with Crippen molar-refractivity contribution in [2.75, 3.05) is 14.1 Å². The van der Waals surface area contributed by atoms with E-state index < -0.39 is 6.10 Å². The van der Waals surface area contributed by atoms with Gasteiger partial charge < -0.3 is 10.0 Å². The van der Waals surface area contributed by atoms with Crippen LogP contribution in [0.15, 0.2) is 24.3 Å². The van der Waals surface area contributed by atoms with Gasteiger partial charge in [-0.3, -0.25) is 0 Å². The molecule has 19 heavy (non-hydrogen) atoms. The number of benzene rings is 1. The van der Waals surface area contributed by atoms with E-state index in [1.54, 1.807) is 18.2 Å². The predicted octanol–water partition coefficient (Wildman–Crippen LogP) is 3.37. The molecule has 0 aliphatic heterocycles. The quantitative estimate of drug-likeness (QED) is 0.905. The number of aliphatic hydroxyl groups excluding tert-OH is 1. The summed E-state index contributed by atoms with van der Waals surface area (Å²) < 4.78 is 13.9. The first-order valence-corrected chi connectivity index (χ1v) is 7.07. The monoisotopic (exact) mass is 265 g/mol. The Labute approximate surface area is 115 Å². The minimum absolute atomic E-state index is 0.311. The maximum Gasteiger partial charge on any atom is 0.129 e. The van der Waals surface area contributed by atoms with Crippen molar-refractivity contribution in [2.24, 2.45) is 5.92 Å². The number of aliphatic hydroxyl groups is 1. The third kappa shape index (κ3) is 2.67. The van der Waals surface area contributed by atoms with Crippen LogP contribution in [0, 0.1) is 11.7 Å². The molecule has 3 heteroatoms. The summed E-state index contributed by atoms with van der Waals surface area (Å²) in [5.74, 6) is 0.257.